The van der Waals surface area contributed by atoms with Crippen molar-refractivity contribution in [2.45, 2.75) is 19.8 Å². The molecule has 7 heteroatoms. The average molecular weight is 353 g/mol. The van der Waals surface area contributed by atoms with Crippen LogP contribution in [0.5, 0.6) is 11.5 Å². The van der Waals surface area contributed by atoms with Crippen molar-refractivity contribution in [1.29, 1.82) is 0 Å². The molecule has 0 atom stereocenters. The predicted octanol–water partition coefficient (Wildman–Crippen LogP) is 2.10. The number of likely N-dealkylation sites (tertiary alicyclic amines) is 1. The summed E-state index contributed by atoms with van der Waals surface area (Å²) in [5.41, 5.74) is 0.518. The van der Waals surface area contributed by atoms with Crippen LogP contribution in [0, 0.1) is 5.92 Å². The Morgan fingerprint density at radius 1 is 1.25 bits per heavy atom. The Morgan fingerprint density at radius 2 is 1.96 bits per heavy atom. The first kappa shape index (κ1) is 16.9. The molecule has 24 heavy (non-hydrogen) atoms. The number of amides is 2. The number of rotatable bonds is 3. The van der Waals surface area contributed by atoms with Crippen molar-refractivity contribution in [2.24, 2.45) is 5.92 Å². The van der Waals surface area contributed by atoms with Crippen molar-refractivity contribution in [3.8, 4) is 11.5 Å². The third-order valence-electron chi connectivity index (χ3n) is 4.39. The first-order chi connectivity index (χ1) is 11.5. The van der Waals surface area contributed by atoms with Gasteiger partial charge in [0.1, 0.15) is 13.2 Å². The molecule has 0 aliphatic carbocycles. The smallest absolute Gasteiger partial charge is 0.254 e. The average Bonchev–Trinajstić information content (AvgIpc) is 2.60. The number of halogens is 1. The SMILES string of the molecule is CC(=O)NCC1CCN(C(=O)c2cc(Cl)c3c(c2)OCCO3)CC1. The fourth-order valence-electron chi connectivity index (χ4n) is 3.05. The number of nitrogens with zero attached hydrogens (tertiary/aromatic N) is 1. The second-order valence-electron chi connectivity index (χ2n) is 6.15. The summed E-state index contributed by atoms with van der Waals surface area (Å²) in [4.78, 5) is 25.5. The van der Waals surface area contributed by atoms with E-state index in [4.69, 9.17) is 21.1 Å². The lowest BCUT2D eigenvalue weighted by molar-refractivity contribution is -0.119. The Balaban J connectivity index is 1.63. The molecule has 2 aliphatic rings. The maximum absolute atomic E-state index is 12.7. The molecule has 0 radical (unpaired) electrons. The van der Waals surface area contributed by atoms with E-state index < -0.39 is 0 Å². The third-order valence-corrected chi connectivity index (χ3v) is 4.67. The second kappa shape index (κ2) is 7.30. The highest BCUT2D eigenvalue weighted by Crippen LogP contribution is 2.38. The van der Waals surface area contributed by atoms with E-state index >= 15 is 0 Å². The lowest BCUT2D eigenvalue weighted by Crippen LogP contribution is -2.41. The Kier molecular flexibility index (Phi) is 5.14. The van der Waals surface area contributed by atoms with Gasteiger partial charge in [0.15, 0.2) is 11.5 Å². The van der Waals surface area contributed by atoms with Gasteiger partial charge in [0.2, 0.25) is 5.91 Å². The van der Waals surface area contributed by atoms with Crippen LogP contribution < -0.4 is 14.8 Å². The number of piperidine rings is 1. The fraction of sp³-hybridized carbons (Fsp3) is 0.529. The van der Waals surface area contributed by atoms with E-state index in [1.165, 1.54) is 6.92 Å². The lowest BCUT2D eigenvalue weighted by atomic mass is 9.96. The van der Waals surface area contributed by atoms with E-state index in [0.717, 1.165) is 12.8 Å². The number of ether oxygens (including phenoxy) is 2. The third kappa shape index (κ3) is 3.75. The molecule has 1 N–H and O–H groups in total. The molecule has 0 saturated carbocycles. The Morgan fingerprint density at radius 3 is 2.67 bits per heavy atom. The van der Waals surface area contributed by atoms with Crippen LogP contribution in [0.2, 0.25) is 5.02 Å². The van der Waals surface area contributed by atoms with Crippen LogP contribution in [0.3, 0.4) is 0 Å². The maximum Gasteiger partial charge on any atom is 0.254 e. The van der Waals surface area contributed by atoms with Crippen LogP contribution in [0.4, 0.5) is 0 Å². The molecule has 0 spiro atoms. The van der Waals surface area contributed by atoms with Gasteiger partial charge in [0.05, 0.1) is 5.02 Å². The zero-order valence-corrected chi connectivity index (χ0v) is 14.4. The molecule has 2 amide bonds. The quantitative estimate of drug-likeness (QED) is 0.904. The standard InChI is InChI=1S/C17H21ClN2O4/c1-11(21)19-10-12-2-4-20(5-3-12)17(22)13-8-14(18)16-15(9-13)23-6-7-24-16/h8-9,12H,2-7,10H2,1H3,(H,19,21). The number of carbonyl (C=O) groups excluding carboxylic acids is 2. The molecule has 0 unspecified atom stereocenters. The minimum absolute atomic E-state index is 0.0144. The van der Waals surface area contributed by atoms with Crippen molar-refractivity contribution in [1.82, 2.24) is 10.2 Å². The molecular weight excluding hydrogens is 332 g/mol. The Labute approximate surface area is 146 Å². The van der Waals surface area contributed by atoms with E-state index in [1.807, 2.05) is 4.90 Å². The molecular formula is C17H21ClN2O4. The summed E-state index contributed by atoms with van der Waals surface area (Å²) in [5.74, 6) is 1.39. The van der Waals surface area contributed by atoms with Crippen molar-refractivity contribution in [3.05, 3.63) is 22.7 Å². The molecule has 2 aliphatic heterocycles. The molecule has 130 valence electrons. The van der Waals surface area contributed by atoms with E-state index in [1.54, 1.807) is 12.1 Å². The molecule has 0 aromatic heterocycles. The van der Waals surface area contributed by atoms with Crippen LogP contribution in [-0.4, -0.2) is 49.6 Å². The molecule has 1 saturated heterocycles. The van der Waals surface area contributed by atoms with Crippen molar-refractivity contribution >= 4 is 23.4 Å². The van der Waals surface area contributed by atoms with Gasteiger partial charge in [-0.1, -0.05) is 11.6 Å². The molecule has 1 aromatic carbocycles. The summed E-state index contributed by atoms with van der Waals surface area (Å²) in [5, 5.41) is 3.24. The number of fused-ring (bicyclic) bond motifs is 1. The lowest BCUT2D eigenvalue weighted by Gasteiger charge is -2.32. The number of hydrogen-bond acceptors (Lipinski definition) is 4. The van der Waals surface area contributed by atoms with Gasteiger partial charge in [-0.3, -0.25) is 9.59 Å². The predicted molar refractivity (Wildman–Crippen MR) is 89.8 cm³/mol. The first-order valence-electron chi connectivity index (χ1n) is 8.17. The number of benzene rings is 1. The highest BCUT2D eigenvalue weighted by molar-refractivity contribution is 6.32. The highest BCUT2D eigenvalue weighted by Gasteiger charge is 2.26. The van der Waals surface area contributed by atoms with Crippen LogP contribution in [0.1, 0.15) is 30.1 Å². The second-order valence-corrected chi connectivity index (χ2v) is 6.56. The van der Waals surface area contributed by atoms with Crippen LogP contribution in [0.25, 0.3) is 0 Å². The summed E-state index contributed by atoms with van der Waals surface area (Å²) in [6.07, 6.45) is 1.76. The van der Waals surface area contributed by atoms with Gasteiger partial charge in [-0.05, 0) is 30.9 Å². The van der Waals surface area contributed by atoms with Gasteiger partial charge in [-0.25, -0.2) is 0 Å². The minimum atomic E-state index is -0.0492. The van der Waals surface area contributed by atoms with Gasteiger partial charge in [-0.2, -0.15) is 0 Å². The largest absolute Gasteiger partial charge is 0.486 e. The van der Waals surface area contributed by atoms with Crippen LogP contribution >= 0.6 is 11.6 Å². The maximum atomic E-state index is 12.7. The summed E-state index contributed by atoms with van der Waals surface area (Å²) >= 11 is 6.21. The van der Waals surface area contributed by atoms with E-state index in [-0.39, 0.29) is 11.8 Å². The molecule has 1 fully saturated rings. The van der Waals surface area contributed by atoms with Gasteiger partial charge < -0.3 is 19.7 Å². The normalized spacial score (nSPS) is 17.5. The van der Waals surface area contributed by atoms with Crippen LogP contribution in [-0.2, 0) is 4.79 Å². The van der Waals surface area contributed by atoms with Crippen LogP contribution in [0.15, 0.2) is 12.1 Å². The molecule has 3 rings (SSSR count). The van der Waals surface area contributed by atoms with Gasteiger partial charge in [0.25, 0.3) is 5.91 Å². The summed E-state index contributed by atoms with van der Waals surface area (Å²) < 4.78 is 11.0. The zero-order valence-electron chi connectivity index (χ0n) is 13.6. The highest BCUT2D eigenvalue weighted by atomic mass is 35.5. The molecule has 1 aromatic rings. The summed E-state index contributed by atoms with van der Waals surface area (Å²) in [7, 11) is 0. The summed E-state index contributed by atoms with van der Waals surface area (Å²) in [6.45, 7) is 4.46. The number of hydrogen-bond donors (Lipinski definition) is 1. The molecule has 2 heterocycles. The van der Waals surface area contributed by atoms with Gasteiger partial charge in [0, 0.05) is 32.1 Å². The van der Waals surface area contributed by atoms with E-state index in [9.17, 15) is 9.59 Å². The fourth-order valence-corrected chi connectivity index (χ4v) is 3.31. The van der Waals surface area contributed by atoms with Gasteiger partial charge in [-0.15, -0.1) is 0 Å². The Hall–Kier alpha value is -1.95. The van der Waals surface area contributed by atoms with E-state index in [0.29, 0.717) is 60.9 Å². The number of carbonyl (C=O) groups is 2. The Bertz CT molecular complexity index is 642. The topological polar surface area (TPSA) is 67.9 Å². The van der Waals surface area contributed by atoms with Gasteiger partial charge >= 0.3 is 0 Å². The monoisotopic (exact) mass is 352 g/mol. The first-order valence-corrected chi connectivity index (χ1v) is 8.55. The molecule has 0 bridgehead atoms. The van der Waals surface area contributed by atoms with Crippen molar-refractivity contribution < 1.29 is 19.1 Å². The minimum Gasteiger partial charge on any atom is -0.486 e. The molecule has 6 nitrogen and oxygen atoms in total. The van der Waals surface area contributed by atoms with Crippen molar-refractivity contribution in [2.75, 3.05) is 32.8 Å². The zero-order chi connectivity index (χ0) is 17.1. The number of nitrogens with one attached hydrogen (secondary N) is 1. The summed E-state index contributed by atoms with van der Waals surface area (Å²) in [6, 6.07) is 3.34. The van der Waals surface area contributed by atoms with Crippen molar-refractivity contribution in [3.63, 3.8) is 0 Å². The van der Waals surface area contributed by atoms with E-state index in [2.05, 4.69) is 5.32 Å².